The van der Waals surface area contributed by atoms with E-state index in [-0.39, 0.29) is 5.60 Å². The topological polar surface area (TPSA) is 46.2 Å². The van der Waals surface area contributed by atoms with Gasteiger partial charge in [-0.2, -0.15) is 0 Å². The summed E-state index contributed by atoms with van der Waals surface area (Å²) in [5.41, 5.74) is -0.997. The van der Waals surface area contributed by atoms with Crippen molar-refractivity contribution in [3.8, 4) is 11.5 Å². The van der Waals surface area contributed by atoms with E-state index < -0.39 is 24.0 Å². The molecule has 0 radical (unpaired) electrons. The quantitative estimate of drug-likeness (QED) is 0.579. The van der Waals surface area contributed by atoms with Crippen molar-refractivity contribution < 1.29 is 27.9 Å². The number of hydrogen-bond acceptors (Lipinski definition) is 5. The molecule has 1 aliphatic heterocycles. The Morgan fingerprint density at radius 1 is 1.03 bits per heavy atom. The van der Waals surface area contributed by atoms with E-state index in [1.807, 2.05) is 48.5 Å². The standard InChI is InChI=1S/C22H34BFO5/c1-20(2,3)27-13-12-17(16-11-10-15(25-8)14-18(16)26-9)19(24)23-28-21(4,5)22(6,7)29-23/h10-11,14H,12-13H2,1-9H3. The minimum atomic E-state index is -1.09. The molecule has 0 aromatic heterocycles. The van der Waals surface area contributed by atoms with E-state index in [9.17, 15) is 0 Å². The van der Waals surface area contributed by atoms with Crippen LogP contribution in [0.4, 0.5) is 4.39 Å². The Morgan fingerprint density at radius 2 is 1.62 bits per heavy atom. The van der Waals surface area contributed by atoms with Crippen LogP contribution in [-0.4, -0.2) is 44.7 Å². The molecule has 29 heavy (non-hydrogen) atoms. The van der Waals surface area contributed by atoms with Gasteiger partial charge in [-0.3, -0.25) is 0 Å². The SMILES string of the molecule is COc1ccc(C(CCOC(C)(C)C)=C(F)B2OC(C)(C)C(C)(C)O2)c(OC)c1. The van der Waals surface area contributed by atoms with E-state index in [1.165, 1.54) is 0 Å². The van der Waals surface area contributed by atoms with Crippen LogP contribution in [0, 0.1) is 0 Å². The Balaban J connectivity index is 2.46. The molecule has 1 aromatic carbocycles. The summed E-state index contributed by atoms with van der Waals surface area (Å²) in [6.45, 7) is 13.8. The molecule has 0 saturated carbocycles. The third-order valence-electron chi connectivity index (χ3n) is 5.37. The monoisotopic (exact) mass is 408 g/mol. The van der Waals surface area contributed by atoms with E-state index in [0.717, 1.165) is 0 Å². The lowest BCUT2D eigenvalue weighted by molar-refractivity contribution is 0.000557. The molecule has 1 heterocycles. The highest BCUT2D eigenvalue weighted by Gasteiger charge is 2.53. The van der Waals surface area contributed by atoms with Crippen molar-refractivity contribution in [2.24, 2.45) is 0 Å². The lowest BCUT2D eigenvalue weighted by Gasteiger charge is -2.32. The Hall–Kier alpha value is -1.57. The van der Waals surface area contributed by atoms with Gasteiger partial charge in [0.2, 0.25) is 0 Å². The zero-order valence-electron chi connectivity index (χ0n) is 19.1. The zero-order chi connectivity index (χ0) is 22.0. The first-order valence-corrected chi connectivity index (χ1v) is 9.92. The van der Waals surface area contributed by atoms with Gasteiger partial charge in [-0.1, -0.05) is 0 Å². The molecule has 0 N–H and O–H groups in total. The fraction of sp³-hybridized carbons (Fsp3) is 0.636. The molecule has 1 fully saturated rings. The highest BCUT2D eigenvalue weighted by Crippen LogP contribution is 2.42. The maximum atomic E-state index is 15.8. The Bertz CT molecular complexity index is 736. The average Bonchev–Trinajstić information content (AvgIpc) is 2.84. The first-order chi connectivity index (χ1) is 13.3. The van der Waals surface area contributed by atoms with Crippen molar-refractivity contribution in [1.29, 1.82) is 0 Å². The molecule has 0 amide bonds. The molecule has 1 aromatic rings. The van der Waals surface area contributed by atoms with Gasteiger partial charge in [-0.05, 0) is 72.6 Å². The van der Waals surface area contributed by atoms with Gasteiger partial charge in [0, 0.05) is 11.6 Å². The van der Waals surface area contributed by atoms with Crippen LogP contribution in [0.1, 0.15) is 60.5 Å². The molecule has 0 unspecified atom stereocenters. The highest BCUT2D eigenvalue weighted by molar-refractivity contribution is 6.55. The summed E-state index contributed by atoms with van der Waals surface area (Å²) >= 11 is 0. The Kier molecular flexibility index (Phi) is 7.08. The molecule has 162 valence electrons. The van der Waals surface area contributed by atoms with Crippen LogP contribution >= 0.6 is 0 Å². The number of rotatable bonds is 7. The van der Waals surface area contributed by atoms with Gasteiger partial charge < -0.3 is 23.5 Å². The number of methoxy groups -OCH3 is 2. The van der Waals surface area contributed by atoms with Crippen LogP contribution in [0.3, 0.4) is 0 Å². The van der Waals surface area contributed by atoms with Crippen LogP contribution in [0.25, 0.3) is 5.57 Å². The van der Waals surface area contributed by atoms with Gasteiger partial charge >= 0.3 is 7.12 Å². The number of benzene rings is 1. The van der Waals surface area contributed by atoms with E-state index >= 15 is 4.39 Å². The predicted octanol–water partition coefficient (Wildman–Crippen LogP) is 5.22. The first-order valence-electron chi connectivity index (χ1n) is 9.92. The van der Waals surface area contributed by atoms with E-state index in [0.29, 0.717) is 35.7 Å². The van der Waals surface area contributed by atoms with Gasteiger partial charge in [0.05, 0.1) is 37.6 Å². The van der Waals surface area contributed by atoms with Crippen molar-refractivity contribution >= 4 is 12.7 Å². The Morgan fingerprint density at radius 3 is 2.10 bits per heavy atom. The molecule has 7 heteroatoms. The van der Waals surface area contributed by atoms with Gasteiger partial charge in [0.25, 0.3) is 0 Å². The molecule has 0 spiro atoms. The maximum Gasteiger partial charge on any atom is 0.525 e. The summed E-state index contributed by atoms with van der Waals surface area (Å²) in [5.74, 6) is 1.15. The highest BCUT2D eigenvalue weighted by atomic mass is 19.1. The van der Waals surface area contributed by atoms with Crippen LogP contribution in [0.2, 0.25) is 0 Å². The summed E-state index contributed by atoms with van der Waals surface area (Å²) in [7, 11) is 2.04. The lowest BCUT2D eigenvalue weighted by atomic mass is 9.81. The normalized spacial score (nSPS) is 19.2. The minimum Gasteiger partial charge on any atom is -0.497 e. The van der Waals surface area contributed by atoms with Crippen molar-refractivity contribution in [2.45, 2.75) is 71.7 Å². The summed E-state index contributed by atoms with van der Waals surface area (Å²) in [6.07, 6.45) is 0.343. The Labute approximate surface area is 174 Å². The first kappa shape index (κ1) is 23.7. The maximum absolute atomic E-state index is 15.8. The van der Waals surface area contributed by atoms with E-state index in [2.05, 4.69) is 0 Å². The lowest BCUT2D eigenvalue weighted by Crippen LogP contribution is -2.41. The number of hydrogen-bond donors (Lipinski definition) is 0. The summed E-state index contributed by atoms with van der Waals surface area (Å²) < 4.78 is 44.2. The fourth-order valence-electron chi connectivity index (χ4n) is 2.98. The summed E-state index contributed by atoms with van der Waals surface area (Å²) in [5, 5.41) is 0. The molecule has 1 saturated heterocycles. The van der Waals surface area contributed by atoms with Gasteiger partial charge in [0.15, 0.2) is 0 Å². The molecule has 1 aliphatic rings. The van der Waals surface area contributed by atoms with Crippen molar-refractivity contribution in [3.63, 3.8) is 0 Å². The van der Waals surface area contributed by atoms with Crippen LogP contribution < -0.4 is 9.47 Å². The number of ether oxygens (including phenoxy) is 3. The third-order valence-corrected chi connectivity index (χ3v) is 5.37. The minimum absolute atomic E-state index is 0.323. The molecule has 2 rings (SSSR count). The molecule has 0 bridgehead atoms. The van der Waals surface area contributed by atoms with Crippen LogP contribution in [-0.2, 0) is 14.0 Å². The van der Waals surface area contributed by atoms with E-state index in [1.54, 1.807) is 32.4 Å². The second-order valence-corrected chi connectivity index (χ2v) is 9.19. The third kappa shape index (κ3) is 5.53. The van der Waals surface area contributed by atoms with Gasteiger partial charge in [0.1, 0.15) is 17.2 Å². The second kappa shape index (κ2) is 8.66. The summed E-state index contributed by atoms with van der Waals surface area (Å²) in [4.78, 5) is 0. The molecule has 0 aliphatic carbocycles. The van der Waals surface area contributed by atoms with Crippen LogP contribution in [0.5, 0.6) is 11.5 Å². The molecule has 5 nitrogen and oxygen atoms in total. The van der Waals surface area contributed by atoms with Gasteiger partial charge in [-0.25, -0.2) is 4.39 Å². The largest absolute Gasteiger partial charge is 0.525 e. The summed E-state index contributed by atoms with van der Waals surface area (Å²) in [6, 6.07) is 5.30. The smallest absolute Gasteiger partial charge is 0.497 e. The van der Waals surface area contributed by atoms with Gasteiger partial charge in [-0.15, -0.1) is 0 Å². The zero-order valence-corrected chi connectivity index (χ0v) is 19.1. The molecule has 0 atom stereocenters. The van der Waals surface area contributed by atoms with Crippen molar-refractivity contribution in [2.75, 3.05) is 20.8 Å². The average molecular weight is 408 g/mol. The number of halogens is 1. The predicted molar refractivity (Wildman–Crippen MR) is 114 cm³/mol. The van der Waals surface area contributed by atoms with Crippen LogP contribution in [0.15, 0.2) is 23.9 Å². The van der Waals surface area contributed by atoms with Crippen molar-refractivity contribution in [1.82, 2.24) is 0 Å². The molecular formula is C22H34BFO5. The van der Waals surface area contributed by atoms with E-state index in [4.69, 9.17) is 23.5 Å². The fourth-order valence-corrected chi connectivity index (χ4v) is 2.98. The second-order valence-electron chi connectivity index (χ2n) is 9.19. The van der Waals surface area contributed by atoms with Crippen molar-refractivity contribution in [3.05, 3.63) is 29.5 Å². The molecular weight excluding hydrogens is 374 g/mol.